The Balaban J connectivity index is 2.08. The van der Waals surface area contributed by atoms with Gasteiger partial charge in [-0.15, -0.1) is 0 Å². The molecule has 0 aliphatic carbocycles. The van der Waals surface area contributed by atoms with Crippen LogP contribution in [0.15, 0.2) is 12.1 Å². The van der Waals surface area contributed by atoms with E-state index in [1.54, 1.807) is 14.2 Å². The molecule has 0 spiro atoms. The molecule has 1 aliphatic heterocycles. The van der Waals surface area contributed by atoms with Crippen molar-refractivity contribution in [2.24, 2.45) is 0 Å². The fraction of sp³-hybridized carbons (Fsp3) is 0.571. The zero-order valence-corrected chi connectivity index (χ0v) is 11.8. The smallest absolute Gasteiger partial charge is 0.203 e. The number of fused-ring (bicyclic) bond motifs is 1. The minimum Gasteiger partial charge on any atom is -0.493 e. The van der Waals surface area contributed by atoms with E-state index in [2.05, 4.69) is 5.32 Å². The fourth-order valence-electron chi connectivity index (χ4n) is 2.07. The Morgan fingerprint density at radius 1 is 1.30 bits per heavy atom. The van der Waals surface area contributed by atoms with Crippen LogP contribution in [0.1, 0.15) is 5.56 Å². The van der Waals surface area contributed by atoms with Gasteiger partial charge in [0.05, 0.1) is 26.4 Å². The molecule has 0 fully saturated rings. The van der Waals surface area contributed by atoms with E-state index in [1.165, 1.54) is 0 Å². The molecular formula is C14H21NO5. The van der Waals surface area contributed by atoms with E-state index in [0.717, 1.165) is 5.56 Å². The van der Waals surface area contributed by atoms with Crippen molar-refractivity contribution in [1.82, 2.24) is 5.32 Å². The molecule has 6 heteroatoms. The lowest BCUT2D eigenvalue weighted by Crippen LogP contribution is -2.35. The number of benzene rings is 1. The zero-order chi connectivity index (χ0) is 14.4. The predicted molar refractivity (Wildman–Crippen MR) is 73.6 cm³/mol. The molecule has 0 saturated carbocycles. The summed E-state index contributed by atoms with van der Waals surface area (Å²) >= 11 is 0. The second kappa shape index (κ2) is 7.33. The molecule has 0 saturated heterocycles. The summed E-state index contributed by atoms with van der Waals surface area (Å²) in [6, 6.07) is 3.73. The second-order valence-electron chi connectivity index (χ2n) is 4.54. The summed E-state index contributed by atoms with van der Waals surface area (Å²) < 4.78 is 21.5. The van der Waals surface area contributed by atoms with Crippen LogP contribution < -0.4 is 19.5 Å². The van der Waals surface area contributed by atoms with Gasteiger partial charge in [0.25, 0.3) is 0 Å². The molecule has 1 heterocycles. The topological polar surface area (TPSA) is 69.2 Å². The van der Waals surface area contributed by atoms with E-state index in [0.29, 0.717) is 43.6 Å². The lowest BCUT2D eigenvalue weighted by atomic mass is 10.1. The van der Waals surface area contributed by atoms with E-state index in [1.807, 2.05) is 12.1 Å². The van der Waals surface area contributed by atoms with Gasteiger partial charge in [0.15, 0.2) is 11.5 Å². The molecule has 0 amide bonds. The summed E-state index contributed by atoms with van der Waals surface area (Å²) in [5.74, 6) is 2.00. The molecule has 1 aliphatic rings. The first-order valence-corrected chi connectivity index (χ1v) is 6.58. The number of aliphatic hydroxyl groups excluding tert-OH is 1. The number of methoxy groups -OCH3 is 2. The summed E-state index contributed by atoms with van der Waals surface area (Å²) in [7, 11) is 3.21. The first-order chi connectivity index (χ1) is 9.78. The molecule has 0 bridgehead atoms. The van der Waals surface area contributed by atoms with Crippen LogP contribution in [0.3, 0.4) is 0 Å². The third kappa shape index (κ3) is 3.53. The number of hydrogen-bond acceptors (Lipinski definition) is 6. The zero-order valence-electron chi connectivity index (χ0n) is 11.8. The van der Waals surface area contributed by atoms with E-state index >= 15 is 0 Å². The van der Waals surface area contributed by atoms with Crippen LogP contribution in [-0.4, -0.2) is 51.8 Å². The van der Waals surface area contributed by atoms with Gasteiger partial charge in [0.1, 0.15) is 13.2 Å². The first-order valence-electron chi connectivity index (χ1n) is 6.58. The summed E-state index contributed by atoms with van der Waals surface area (Å²) in [4.78, 5) is 0. The third-order valence-electron chi connectivity index (χ3n) is 3.07. The average Bonchev–Trinajstić information content (AvgIpc) is 2.50. The van der Waals surface area contributed by atoms with Gasteiger partial charge in [-0.3, -0.25) is 0 Å². The number of nitrogens with one attached hydrogen (secondary N) is 1. The highest BCUT2D eigenvalue weighted by Gasteiger charge is 2.18. The highest BCUT2D eigenvalue weighted by molar-refractivity contribution is 5.54. The van der Waals surface area contributed by atoms with Crippen LogP contribution in [0.5, 0.6) is 17.2 Å². The quantitative estimate of drug-likeness (QED) is 0.762. The molecule has 6 nitrogen and oxygen atoms in total. The summed E-state index contributed by atoms with van der Waals surface area (Å²) in [5, 5.41) is 12.4. The molecule has 1 aromatic rings. The SMILES string of the molecule is COCC(CO)NCc1cc(OC)c2c(c1)OCCO2. The molecule has 1 aromatic carbocycles. The lowest BCUT2D eigenvalue weighted by molar-refractivity contribution is 0.128. The van der Waals surface area contributed by atoms with Crippen LogP contribution in [0.2, 0.25) is 0 Å². The van der Waals surface area contributed by atoms with Crippen molar-refractivity contribution < 1.29 is 24.1 Å². The van der Waals surface area contributed by atoms with Crippen molar-refractivity contribution in [3.63, 3.8) is 0 Å². The van der Waals surface area contributed by atoms with Crippen molar-refractivity contribution in [2.75, 3.05) is 40.6 Å². The molecular weight excluding hydrogens is 262 g/mol. The molecule has 112 valence electrons. The van der Waals surface area contributed by atoms with Gasteiger partial charge in [0, 0.05) is 13.7 Å². The Hall–Kier alpha value is -1.50. The minimum atomic E-state index is -0.0980. The largest absolute Gasteiger partial charge is 0.493 e. The Bertz CT molecular complexity index is 421. The highest BCUT2D eigenvalue weighted by Crippen LogP contribution is 2.40. The Morgan fingerprint density at radius 3 is 2.80 bits per heavy atom. The Labute approximate surface area is 118 Å². The third-order valence-corrected chi connectivity index (χ3v) is 3.07. The van der Waals surface area contributed by atoms with Gasteiger partial charge >= 0.3 is 0 Å². The molecule has 1 atom stereocenters. The summed E-state index contributed by atoms with van der Waals surface area (Å²) in [5.41, 5.74) is 1.00. The maximum Gasteiger partial charge on any atom is 0.203 e. The van der Waals surface area contributed by atoms with Crippen molar-refractivity contribution in [1.29, 1.82) is 0 Å². The number of ether oxygens (including phenoxy) is 4. The standard InChI is InChI=1S/C14H21NO5/c1-17-9-11(8-16)15-7-10-5-12(18-2)14-13(6-10)19-3-4-20-14/h5-6,11,15-16H,3-4,7-9H2,1-2H3. The molecule has 0 aromatic heterocycles. The van der Waals surface area contributed by atoms with Gasteiger partial charge in [0.2, 0.25) is 5.75 Å². The van der Waals surface area contributed by atoms with Crippen LogP contribution in [0.4, 0.5) is 0 Å². The van der Waals surface area contributed by atoms with Gasteiger partial charge in [-0.25, -0.2) is 0 Å². The summed E-state index contributed by atoms with van der Waals surface area (Å²) in [6.45, 7) is 2.13. The number of hydrogen-bond donors (Lipinski definition) is 2. The maximum atomic E-state index is 9.22. The molecule has 2 rings (SSSR count). The Morgan fingerprint density at radius 2 is 2.10 bits per heavy atom. The van der Waals surface area contributed by atoms with Gasteiger partial charge in [-0.2, -0.15) is 0 Å². The second-order valence-corrected chi connectivity index (χ2v) is 4.54. The number of aliphatic hydroxyl groups is 1. The van der Waals surface area contributed by atoms with Crippen molar-refractivity contribution in [3.05, 3.63) is 17.7 Å². The maximum absolute atomic E-state index is 9.22. The summed E-state index contributed by atoms with van der Waals surface area (Å²) in [6.07, 6.45) is 0. The van der Waals surface area contributed by atoms with Crippen LogP contribution in [0.25, 0.3) is 0 Å². The van der Waals surface area contributed by atoms with Crippen molar-refractivity contribution in [3.8, 4) is 17.2 Å². The van der Waals surface area contributed by atoms with Gasteiger partial charge in [-0.05, 0) is 17.7 Å². The predicted octanol–water partition coefficient (Wildman–Crippen LogP) is 0.563. The number of rotatable bonds is 7. The van der Waals surface area contributed by atoms with Crippen LogP contribution in [0, 0.1) is 0 Å². The highest BCUT2D eigenvalue weighted by atomic mass is 16.6. The van der Waals surface area contributed by atoms with E-state index in [4.69, 9.17) is 18.9 Å². The lowest BCUT2D eigenvalue weighted by Gasteiger charge is -2.22. The molecule has 1 unspecified atom stereocenters. The average molecular weight is 283 g/mol. The van der Waals surface area contributed by atoms with E-state index < -0.39 is 0 Å². The molecule has 2 N–H and O–H groups in total. The normalized spacial score (nSPS) is 14.9. The Kier molecular flexibility index (Phi) is 5.46. The van der Waals surface area contributed by atoms with Gasteiger partial charge in [-0.1, -0.05) is 0 Å². The first kappa shape index (κ1) is 14.9. The minimum absolute atomic E-state index is 0.0233. The molecule has 20 heavy (non-hydrogen) atoms. The monoisotopic (exact) mass is 283 g/mol. The van der Waals surface area contributed by atoms with E-state index in [-0.39, 0.29) is 12.6 Å². The van der Waals surface area contributed by atoms with E-state index in [9.17, 15) is 5.11 Å². The van der Waals surface area contributed by atoms with Crippen LogP contribution in [-0.2, 0) is 11.3 Å². The van der Waals surface area contributed by atoms with Crippen molar-refractivity contribution >= 4 is 0 Å². The molecule has 0 radical (unpaired) electrons. The van der Waals surface area contributed by atoms with Gasteiger partial charge < -0.3 is 29.4 Å². The van der Waals surface area contributed by atoms with Crippen molar-refractivity contribution in [2.45, 2.75) is 12.6 Å². The van der Waals surface area contributed by atoms with Crippen LogP contribution >= 0.6 is 0 Å². The fourth-order valence-corrected chi connectivity index (χ4v) is 2.07.